The Kier molecular flexibility index (Phi) is 5.37. The van der Waals surface area contributed by atoms with E-state index >= 15 is 0 Å². The minimum Gasteiger partial charge on any atom is -0.473 e. The average molecular weight is 367 g/mol. The molecular formula is C16H16Cl2N4O2. The molecule has 8 heteroatoms. The van der Waals surface area contributed by atoms with Crippen LogP contribution in [-0.2, 0) is 0 Å². The number of hydrogen-bond acceptors (Lipinski definition) is 4. The molecule has 2 aromatic rings. The summed E-state index contributed by atoms with van der Waals surface area (Å²) >= 11 is 11.8. The van der Waals surface area contributed by atoms with Crippen molar-refractivity contribution in [2.75, 3.05) is 18.4 Å². The molecule has 1 aliphatic heterocycles. The number of amides is 2. The first-order chi connectivity index (χ1) is 11.6. The van der Waals surface area contributed by atoms with Gasteiger partial charge in [0.25, 0.3) is 0 Å². The minimum atomic E-state index is -0.161. The molecule has 1 saturated heterocycles. The zero-order valence-electron chi connectivity index (χ0n) is 12.8. The fraction of sp³-hybridized carbons (Fsp3) is 0.312. The van der Waals surface area contributed by atoms with Gasteiger partial charge in [0.2, 0.25) is 5.88 Å². The summed E-state index contributed by atoms with van der Waals surface area (Å²) in [5, 5.41) is 3.69. The molecule has 6 nitrogen and oxygen atoms in total. The Morgan fingerprint density at radius 2 is 2.00 bits per heavy atom. The van der Waals surface area contributed by atoms with Crippen LogP contribution >= 0.6 is 23.2 Å². The summed E-state index contributed by atoms with van der Waals surface area (Å²) in [6, 6.07) is 4.84. The normalized spacial score (nSPS) is 15.2. The molecule has 0 unspecified atom stereocenters. The number of hydrogen-bond donors (Lipinski definition) is 1. The van der Waals surface area contributed by atoms with E-state index in [-0.39, 0.29) is 12.1 Å². The van der Waals surface area contributed by atoms with Crippen molar-refractivity contribution in [3.8, 4) is 5.88 Å². The van der Waals surface area contributed by atoms with Crippen LogP contribution in [0.4, 0.5) is 10.5 Å². The van der Waals surface area contributed by atoms with Gasteiger partial charge in [-0.3, -0.25) is 4.98 Å². The van der Waals surface area contributed by atoms with E-state index in [0.29, 0.717) is 34.7 Å². The summed E-state index contributed by atoms with van der Waals surface area (Å²) < 4.78 is 5.77. The summed E-state index contributed by atoms with van der Waals surface area (Å²) in [5.41, 5.74) is 0.618. The average Bonchev–Trinajstić information content (AvgIpc) is 2.60. The fourth-order valence-electron chi connectivity index (χ4n) is 2.47. The van der Waals surface area contributed by atoms with Crippen molar-refractivity contribution in [2.45, 2.75) is 18.9 Å². The topological polar surface area (TPSA) is 67.4 Å². The summed E-state index contributed by atoms with van der Waals surface area (Å²) in [7, 11) is 0. The molecule has 0 radical (unpaired) electrons. The molecule has 3 rings (SSSR count). The number of ether oxygens (including phenoxy) is 1. The maximum absolute atomic E-state index is 12.3. The van der Waals surface area contributed by atoms with E-state index in [2.05, 4.69) is 15.3 Å². The second-order valence-corrected chi connectivity index (χ2v) is 6.22. The van der Waals surface area contributed by atoms with E-state index in [9.17, 15) is 4.79 Å². The third kappa shape index (κ3) is 4.27. The van der Waals surface area contributed by atoms with Crippen LogP contribution in [0.1, 0.15) is 12.8 Å². The second kappa shape index (κ2) is 7.68. The zero-order chi connectivity index (χ0) is 16.9. The van der Waals surface area contributed by atoms with Gasteiger partial charge in [-0.25, -0.2) is 9.78 Å². The minimum absolute atomic E-state index is 0.0377. The molecule has 0 aliphatic carbocycles. The van der Waals surface area contributed by atoms with E-state index in [0.717, 1.165) is 12.8 Å². The first-order valence-corrected chi connectivity index (χ1v) is 8.31. The number of aromatic nitrogens is 2. The number of halogens is 2. The van der Waals surface area contributed by atoms with E-state index in [1.165, 1.54) is 0 Å². The molecule has 2 amide bonds. The number of benzene rings is 1. The van der Waals surface area contributed by atoms with Crippen LogP contribution in [0, 0.1) is 0 Å². The van der Waals surface area contributed by atoms with Crippen LogP contribution in [-0.4, -0.2) is 40.1 Å². The van der Waals surface area contributed by atoms with Crippen LogP contribution < -0.4 is 10.1 Å². The molecule has 1 N–H and O–H groups in total. The highest BCUT2D eigenvalue weighted by Crippen LogP contribution is 2.25. The van der Waals surface area contributed by atoms with Crippen LogP contribution in [0.5, 0.6) is 5.88 Å². The summed E-state index contributed by atoms with van der Waals surface area (Å²) in [5.74, 6) is 0.510. The van der Waals surface area contributed by atoms with Crippen molar-refractivity contribution in [2.24, 2.45) is 0 Å². The van der Waals surface area contributed by atoms with Gasteiger partial charge in [-0.15, -0.1) is 0 Å². The number of likely N-dealkylation sites (tertiary alicyclic amines) is 1. The highest BCUT2D eigenvalue weighted by atomic mass is 35.5. The van der Waals surface area contributed by atoms with Crippen LogP contribution in [0.2, 0.25) is 10.0 Å². The maximum Gasteiger partial charge on any atom is 0.321 e. The predicted octanol–water partition coefficient (Wildman–Crippen LogP) is 3.86. The number of urea groups is 1. The van der Waals surface area contributed by atoms with Crippen molar-refractivity contribution in [3.63, 3.8) is 0 Å². The first-order valence-electron chi connectivity index (χ1n) is 7.55. The molecule has 1 aliphatic rings. The standard InChI is InChI=1S/C16H16Cl2N4O2/c17-13-2-1-11(9-14(13)18)21-16(23)22-7-3-12(4-8-22)24-15-10-19-5-6-20-15/h1-2,5-6,9-10,12H,3-4,7-8H2,(H,21,23). The van der Waals surface area contributed by atoms with Crippen molar-refractivity contribution in [3.05, 3.63) is 46.8 Å². The number of anilines is 1. The third-order valence-electron chi connectivity index (χ3n) is 3.73. The Morgan fingerprint density at radius 1 is 1.21 bits per heavy atom. The zero-order valence-corrected chi connectivity index (χ0v) is 14.3. The Labute approximate surface area is 149 Å². The lowest BCUT2D eigenvalue weighted by Crippen LogP contribution is -2.43. The van der Waals surface area contributed by atoms with Gasteiger partial charge < -0.3 is 15.0 Å². The summed E-state index contributed by atoms with van der Waals surface area (Å²) in [6.07, 6.45) is 6.30. The largest absolute Gasteiger partial charge is 0.473 e. The Hall–Kier alpha value is -2.05. The number of rotatable bonds is 3. The molecule has 0 bridgehead atoms. The molecule has 126 valence electrons. The van der Waals surface area contributed by atoms with E-state index in [1.807, 2.05) is 0 Å². The van der Waals surface area contributed by atoms with Gasteiger partial charge in [-0.2, -0.15) is 0 Å². The van der Waals surface area contributed by atoms with Crippen LogP contribution in [0.3, 0.4) is 0 Å². The van der Waals surface area contributed by atoms with Crippen LogP contribution in [0.15, 0.2) is 36.8 Å². The third-order valence-corrected chi connectivity index (χ3v) is 4.47. The lowest BCUT2D eigenvalue weighted by Gasteiger charge is -2.31. The molecular weight excluding hydrogens is 351 g/mol. The van der Waals surface area contributed by atoms with E-state index in [4.69, 9.17) is 27.9 Å². The Balaban J connectivity index is 1.50. The number of carbonyl (C=O) groups is 1. The number of nitrogens with zero attached hydrogens (tertiary/aromatic N) is 3. The quantitative estimate of drug-likeness (QED) is 0.895. The molecule has 1 aromatic heterocycles. The highest BCUT2D eigenvalue weighted by Gasteiger charge is 2.24. The Morgan fingerprint density at radius 3 is 2.67 bits per heavy atom. The lowest BCUT2D eigenvalue weighted by atomic mass is 10.1. The lowest BCUT2D eigenvalue weighted by molar-refractivity contribution is 0.111. The first kappa shape index (κ1) is 16.8. The van der Waals surface area contributed by atoms with E-state index < -0.39 is 0 Å². The predicted molar refractivity (Wildman–Crippen MR) is 92.7 cm³/mol. The highest BCUT2D eigenvalue weighted by molar-refractivity contribution is 6.42. The van der Waals surface area contributed by atoms with E-state index in [1.54, 1.807) is 41.7 Å². The summed E-state index contributed by atoms with van der Waals surface area (Å²) in [4.78, 5) is 22.1. The van der Waals surface area contributed by atoms with Gasteiger partial charge >= 0.3 is 6.03 Å². The fourth-order valence-corrected chi connectivity index (χ4v) is 2.77. The van der Waals surface area contributed by atoms with Gasteiger partial charge in [-0.05, 0) is 18.2 Å². The van der Waals surface area contributed by atoms with Gasteiger partial charge in [-0.1, -0.05) is 23.2 Å². The number of piperidine rings is 1. The SMILES string of the molecule is O=C(Nc1ccc(Cl)c(Cl)c1)N1CCC(Oc2cnccn2)CC1. The summed E-state index contributed by atoms with van der Waals surface area (Å²) in [6.45, 7) is 1.22. The molecule has 0 atom stereocenters. The second-order valence-electron chi connectivity index (χ2n) is 5.41. The van der Waals surface area contributed by atoms with Gasteiger partial charge in [0.05, 0.1) is 16.2 Å². The Bertz CT molecular complexity index is 706. The molecule has 0 saturated carbocycles. The van der Waals surface area contributed by atoms with Gasteiger partial charge in [0, 0.05) is 44.0 Å². The van der Waals surface area contributed by atoms with Crippen molar-refractivity contribution >= 4 is 34.9 Å². The smallest absolute Gasteiger partial charge is 0.321 e. The van der Waals surface area contributed by atoms with Crippen LogP contribution in [0.25, 0.3) is 0 Å². The molecule has 1 aromatic carbocycles. The van der Waals surface area contributed by atoms with Crippen molar-refractivity contribution in [1.82, 2.24) is 14.9 Å². The van der Waals surface area contributed by atoms with Crippen molar-refractivity contribution in [1.29, 1.82) is 0 Å². The molecule has 0 spiro atoms. The molecule has 24 heavy (non-hydrogen) atoms. The number of carbonyl (C=O) groups excluding carboxylic acids is 1. The molecule has 2 heterocycles. The maximum atomic E-state index is 12.3. The number of nitrogens with one attached hydrogen (secondary N) is 1. The van der Waals surface area contributed by atoms with Gasteiger partial charge in [0.1, 0.15) is 6.10 Å². The molecule has 1 fully saturated rings. The monoisotopic (exact) mass is 366 g/mol. The van der Waals surface area contributed by atoms with Gasteiger partial charge in [0.15, 0.2) is 0 Å². The van der Waals surface area contributed by atoms with Crippen molar-refractivity contribution < 1.29 is 9.53 Å².